The van der Waals surface area contributed by atoms with Crippen LogP contribution < -0.4 is 9.47 Å². The number of nitrogens with zero attached hydrogens (tertiary/aromatic N) is 1. The van der Waals surface area contributed by atoms with E-state index < -0.39 is 6.10 Å². The van der Waals surface area contributed by atoms with Crippen molar-refractivity contribution in [3.05, 3.63) is 52.3 Å². The number of rotatable bonds is 3. The highest BCUT2D eigenvalue weighted by molar-refractivity contribution is 9.10. The van der Waals surface area contributed by atoms with Crippen LogP contribution in [0.3, 0.4) is 0 Å². The van der Waals surface area contributed by atoms with Crippen molar-refractivity contribution in [1.82, 2.24) is 4.98 Å². The molecule has 1 unspecified atom stereocenters. The van der Waals surface area contributed by atoms with Crippen LogP contribution in [0.15, 0.2) is 41.1 Å². The van der Waals surface area contributed by atoms with Gasteiger partial charge in [0.1, 0.15) is 0 Å². The van der Waals surface area contributed by atoms with Crippen LogP contribution in [-0.4, -0.2) is 16.9 Å². The molecule has 1 aromatic heterocycles. The Hall–Kier alpha value is -1.59. The number of fused-ring (bicyclic) bond motifs is 1. The van der Waals surface area contributed by atoms with Crippen LogP contribution in [-0.2, 0) is 6.42 Å². The summed E-state index contributed by atoms with van der Waals surface area (Å²) in [7, 11) is 0. The third-order valence-corrected chi connectivity index (χ3v) is 3.58. The van der Waals surface area contributed by atoms with E-state index in [0.717, 1.165) is 15.6 Å². The van der Waals surface area contributed by atoms with Crippen molar-refractivity contribution in [2.45, 2.75) is 12.5 Å². The lowest BCUT2D eigenvalue weighted by atomic mass is 10.0. The number of aromatic nitrogens is 1. The molecule has 0 amide bonds. The van der Waals surface area contributed by atoms with Gasteiger partial charge in [-0.05, 0) is 45.3 Å². The Kier molecular flexibility index (Phi) is 3.40. The highest BCUT2D eigenvalue weighted by atomic mass is 79.9. The second-order valence-electron chi connectivity index (χ2n) is 4.32. The smallest absolute Gasteiger partial charge is 0.231 e. The highest BCUT2D eigenvalue weighted by Gasteiger charge is 2.20. The molecular formula is C14H12BrNO3. The molecule has 2 heterocycles. The summed E-state index contributed by atoms with van der Waals surface area (Å²) in [5.41, 5.74) is 1.78. The summed E-state index contributed by atoms with van der Waals surface area (Å²) in [6, 6.07) is 7.47. The molecule has 1 N–H and O–H groups in total. The summed E-state index contributed by atoms with van der Waals surface area (Å²) in [4.78, 5) is 4.04. The van der Waals surface area contributed by atoms with E-state index in [1.165, 1.54) is 0 Å². The van der Waals surface area contributed by atoms with E-state index in [9.17, 15) is 5.11 Å². The topological polar surface area (TPSA) is 51.6 Å². The van der Waals surface area contributed by atoms with Crippen LogP contribution in [0, 0.1) is 0 Å². The molecule has 1 aliphatic rings. The fourth-order valence-electron chi connectivity index (χ4n) is 2.04. The summed E-state index contributed by atoms with van der Waals surface area (Å²) in [5, 5.41) is 10.3. The summed E-state index contributed by atoms with van der Waals surface area (Å²) < 4.78 is 11.5. The predicted octanol–water partition coefficient (Wildman–Crippen LogP) is 2.85. The molecule has 0 aliphatic carbocycles. The first kappa shape index (κ1) is 12.4. The lowest BCUT2D eigenvalue weighted by Crippen LogP contribution is -2.02. The second-order valence-corrected chi connectivity index (χ2v) is 5.17. The van der Waals surface area contributed by atoms with E-state index >= 15 is 0 Å². The molecule has 19 heavy (non-hydrogen) atoms. The first-order valence-electron chi connectivity index (χ1n) is 5.90. The lowest BCUT2D eigenvalue weighted by Gasteiger charge is -2.12. The first-order valence-corrected chi connectivity index (χ1v) is 6.69. The molecule has 0 saturated heterocycles. The van der Waals surface area contributed by atoms with Gasteiger partial charge in [-0.1, -0.05) is 6.07 Å². The molecule has 0 spiro atoms. The molecule has 1 atom stereocenters. The van der Waals surface area contributed by atoms with Crippen molar-refractivity contribution >= 4 is 15.9 Å². The summed E-state index contributed by atoms with van der Waals surface area (Å²) in [5.74, 6) is 1.35. The third-order valence-electron chi connectivity index (χ3n) is 2.99. The number of benzene rings is 1. The summed E-state index contributed by atoms with van der Waals surface area (Å²) in [6.45, 7) is 0.218. The van der Waals surface area contributed by atoms with Gasteiger partial charge in [-0.25, -0.2) is 0 Å². The molecule has 3 rings (SSSR count). The minimum atomic E-state index is -0.602. The Balaban J connectivity index is 1.84. The van der Waals surface area contributed by atoms with Crippen molar-refractivity contribution in [2.24, 2.45) is 0 Å². The number of halogens is 1. The van der Waals surface area contributed by atoms with Crippen molar-refractivity contribution in [3.63, 3.8) is 0 Å². The lowest BCUT2D eigenvalue weighted by molar-refractivity contribution is 0.171. The standard InChI is InChI=1S/C14H12BrNO3/c15-11-5-10(6-13-14(11)19-8-18-13)12(17)4-9-2-1-3-16-7-9/h1-3,5-7,12,17H,4,8H2. The van der Waals surface area contributed by atoms with Gasteiger partial charge in [0.25, 0.3) is 0 Å². The largest absolute Gasteiger partial charge is 0.454 e. The van der Waals surface area contributed by atoms with Gasteiger partial charge in [-0.15, -0.1) is 0 Å². The van der Waals surface area contributed by atoms with Crippen LogP contribution in [0.4, 0.5) is 0 Å². The van der Waals surface area contributed by atoms with Gasteiger partial charge in [0.05, 0.1) is 10.6 Å². The second kappa shape index (κ2) is 5.19. The Morgan fingerprint density at radius 3 is 3.05 bits per heavy atom. The van der Waals surface area contributed by atoms with E-state index in [-0.39, 0.29) is 6.79 Å². The van der Waals surface area contributed by atoms with Gasteiger partial charge in [0.2, 0.25) is 6.79 Å². The Labute approximate surface area is 119 Å². The molecule has 2 aromatic rings. The van der Waals surface area contributed by atoms with Gasteiger partial charge < -0.3 is 14.6 Å². The Morgan fingerprint density at radius 2 is 2.26 bits per heavy atom. The zero-order chi connectivity index (χ0) is 13.2. The van der Waals surface area contributed by atoms with E-state index in [1.807, 2.05) is 24.3 Å². The van der Waals surface area contributed by atoms with E-state index in [0.29, 0.717) is 17.9 Å². The quantitative estimate of drug-likeness (QED) is 0.944. The van der Waals surface area contributed by atoms with Gasteiger partial charge >= 0.3 is 0 Å². The highest BCUT2D eigenvalue weighted by Crippen LogP contribution is 2.41. The van der Waals surface area contributed by atoms with Crippen LogP contribution >= 0.6 is 15.9 Å². The maximum absolute atomic E-state index is 10.3. The molecule has 1 aromatic carbocycles. The van der Waals surface area contributed by atoms with Crippen LogP contribution in [0.2, 0.25) is 0 Å². The normalized spacial score (nSPS) is 14.4. The van der Waals surface area contributed by atoms with Crippen molar-refractivity contribution in [1.29, 1.82) is 0 Å². The molecule has 0 radical (unpaired) electrons. The Bertz CT molecular complexity index is 589. The molecule has 0 fully saturated rings. The van der Waals surface area contributed by atoms with Crippen molar-refractivity contribution < 1.29 is 14.6 Å². The number of aliphatic hydroxyl groups excluding tert-OH is 1. The van der Waals surface area contributed by atoms with E-state index in [1.54, 1.807) is 12.4 Å². The number of aliphatic hydroxyl groups is 1. The molecule has 5 heteroatoms. The maximum Gasteiger partial charge on any atom is 0.231 e. The van der Waals surface area contributed by atoms with Crippen LogP contribution in [0.25, 0.3) is 0 Å². The maximum atomic E-state index is 10.3. The fraction of sp³-hybridized carbons (Fsp3) is 0.214. The SMILES string of the molecule is OC(Cc1cccnc1)c1cc(Br)c2c(c1)OCO2. The minimum absolute atomic E-state index is 0.218. The molecule has 4 nitrogen and oxygen atoms in total. The average Bonchev–Trinajstić information content (AvgIpc) is 2.88. The number of ether oxygens (including phenoxy) is 2. The van der Waals surface area contributed by atoms with Gasteiger partial charge in [0, 0.05) is 18.8 Å². The molecular weight excluding hydrogens is 310 g/mol. The zero-order valence-corrected chi connectivity index (χ0v) is 11.6. The summed E-state index contributed by atoms with van der Waals surface area (Å²) >= 11 is 3.42. The number of pyridine rings is 1. The number of hydrogen-bond acceptors (Lipinski definition) is 4. The van der Waals surface area contributed by atoms with Crippen molar-refractivity contribution in [2.75, 3.05) is 6.79 Å². The molecule has 0 saturated carbocycles. The zero-order valence-electron chi connectivity index (χ0n) is 10.0. The fourth-order valence-corrected chi connectivity index (χ4v) is 2.61. The number of hydrogen-bond donors (Lipinski definition) is 1. The van der Waals surface area contributed by atoms with Crippen LogP contribution in [0.5, 0.6) is 11.5 Å². The minimum Gasteiger partial charge on any atom is -0.454 e. The van der Waals surface area contributed by atoms with Crippen molar-refractivity contribution in [3.8, 4) is 11.5 Å². The predicted molar refractivity (Wildman–Crippen MR) is 73.2 cm³/mol. The average molecular weight is 322 g/mol. The molecule has 0 bridgehead atoms. The van der Waals surface area contributed by atoms with Gasteiger partial charge in [-0.3, -0.25) is 4.98 Å². The monoisotopic (exact) mass is 321 g/mol. The molecule has 1 aliphatic heterocycles. The van der Waals surface area contributed by atoms with E-state index in [2.05, 4.69) is 20.9 Å². The first-order chi connectivity index (χ1) is 9.24. The van der Waals surface area contributed by atoms with Gasteiger partial charge in [0.15, 0.2) is 11.5 Å². The summed E-state index contributed by atoms with van der Waals surface area (Å²) in [6.07, 6.45) is 3.38. The van der Waals surface area contributed by atoms with Crippen LogP contribution in [0.1, 0.15) is 17.2 Å². The molecule has 98 valence electrons. The third kappa shape index (κ3) is 2.57. The van der Waals surface area contributed by atoms with Gasteiger partial charge in [-0.2, -0.15) is 0 Å². The van der Waals surface area contributed by atoms with E-state index in [4.69, 9.17) is 9.47 Å². The Morgan fingerprint density at radius 1 is 1.37 bits per heavy atom.